The van der Waals surface area contributed by atoms with Crippen LogP contribution in [0.5, 0.6) is 0 Å². The van der Waals surface area contributed by atoms with Crippen LogP contribution in [0.2, 0.25) is 0 Å². The van der Waals surface area contributed by atoms with Gasteiger partial charge in [0.05, 0.1) is 0 Å². The first-order valence-corrected chi connectivity index (χ1v) is 5.25. The summed E-state index contributed by atoms with van der Waals surface area (Å²) < 4.78 is 0. The third-order valence-corrected chi connectivity index (χ3v) is 1.73. The van der Waals surface area contributed by atoms with Crippen LogP contribution < -0.4 is 10.6 Å². The van der Waals surface area contributed by atoms with E-state index in [0.29, 0.717) is 0 Å². The number of nitrogens with one attached hydrogen (secondary N) is 1. The number of rotatable bonds is 9. The molecule has 0 aliphatic carbocycles. The fourth-order valence-corrected chi connectivity index (χ4v) is 1.05. The molecular formula is C10H23N2. The Bertz CT molecular complexity index is 64.2. The van der Waals surface area contributed by atoms with Crippen LogP contribution in [-0.2, 0) is 0 Å². The van der Waals surface area contributed by atoms with Crippen LogP contribution in [0, 0.1) is 0 Å². The molecule has 0 fully saturated rings. The largest absolute Gasteiger partial charge is 0.317 e. The van der Waals surface area contributed by atoms with Gasteiger partial charge in [-0.2, -0.15) is 0 Å². The normalized spacial score (nSPS) is 10.5. The average Bonchev–Trinajstić information content (AvgIpc) is 2.10. The van der Waals surface area contributed by atoms with Crippen molar-refractivity contribution in [2.24, 2.45) is 0 Å². The molecule has 0 rings (SSSR count). The molecule has 0 aliphatic heterocycles. The Balaban J connectivity index is 2.73. The standard InChI is InChI=1S/C10H23N2/c1-3-7-11-9-5-6-10-12-8-4-2/h11H,3-10H2,1-2H3. The molecule has 0 aromatic heterocycles. The zero-order valence-corrected chi connectivity index (χ0v) is 8.60. The summed E-state index contributed by atoms with van der Waals surface area (Å²) in [5.41, 5.74) is 0. The highest BCUT2D eigenvalue weighted by atomic mass is 14.9. The van der Waals surface area contributed by atoms with E-state index in [9.17, 15) is 0 Å². The van der Waals surface area contributed by atoms with Gasteiger partial charge >= 0.3 is 0 Å². The van der Waals surface area contributed by atoms with Crippen molar-refractivity contribution in [1.29, 1.82) is 0 Å². The van der Waals surface area contributed by atoms with E-state index in [1.807, 2.05) is 0 Å². The zero-order valence-electron chi connectivity index (χ0n) is 8.60. The second-order valence-corrected chi connectivity index (χ2v) is 3.13. The van der Waals surface area contributed by atoms with Crippen molar-refractivity contribution in [3.8, 4) is 0 Å². The van der Waals surface area contributed by atoms with Gasteiger partial charge in [0.1, 0.15) is 0 Å². The van der Waals surface area contributed by atoms with Crippen molar-refractivity contribution in [2.45, 2.75) is 39.5 Å². The molecule has 0 saturated carbocycles. The van der Waals surface area contributed by atoms with Crippen LogP contribution in [0.4, 0.5) is 0 Å². The molecule has 0 unspecified atom stereocenters. The zero-order chi connectivity index (χ0) is 9.07. The van der Waals surface area contributed by atoms with E-state index >= 15 is 0 Å². The van der Waals surface area contributed by atoms with Gasteiger partial charge in [0.2, 0.25) is 0 Å². The molecule has 0 amide bonds. The number of hydrogen-bond acceptors (Lipinski definition) is 1. The average molecular weight is 171 g/mol. The van der Waals surface area contributed by atoms with Gasteiger partial charge in [-0.1, -0.05) is 13.8 Å². The molecule has 0 saturated heterocycles. The van der Waals surface area contributed by atoms with Crippen molar-refractivity contribution in [3.63, 3.8) is 0 Å². The fraction of sp³-hybridized carbons (Fsp3) is 1.00. The maximum Gasteiger partial charge on any atom is 0.0133 e. The molecule has 12 heavy (non-hydrogen) atoms. The lowest BCUT2D eigenvalue weighted by Gasteiger charge is -2.02. The van der Waals surface area contributed by atoms with Gasteiger partial charge in [0, 0.05) is 13.1 Å². The summed E-state index contributed by atoms with van der Waals surface area (Å²) in [5.74, 6) is 0. The van der Waals surface area contributed by atoms with Crippen LogP contribution in [0.3, 0.4) is 0 Å². The minimum atomic E-state index is 1.04. The van der Waals surface area contributed by atoms with Crippen LogP contribution in [0.1, 0.15) is 39.5 Å². The number of hydrogen-bond donors (Lipinski definition) is 1. The Morgan fingerprint density at radius 2 is 1.75 bits per heavy atom. The third kappa shape index (κ3) is 9.92. The lowest BCUT2D eigenvalue weighted by Crippen LogP contribution is -2.17. The summed E-state index contributed by atoms with van der Waals surface area (Å²) in [7, 11) is 0. The Morgan fingerprint density at radius 3 is 2.42 bits per heavy atom. The third-order valence-electron chi connectivity index (χ3n) is 1.73. The van der Waals surface area contributed by atoms with Gasteiger partial charge in [-0.3, -0.25) is 0 Å². The molecule has 0 spiro atoms. The molecule has 1 N–H and O–H groups in total. The van der Waals surface area contributed by atoms with Gasteiger partial charge in [0.15, 0.2) is 0 Å². The van der Waals surface area contributed by atoms with E-state index < -0.39 is 0 Å². The molecule has 0 aromatic carbocycles. The van der Waals surface area contributed by atoms with Gasteiger partial charge < -0.3 is 5.32 Å². The number of unbranched alkanes of at least 4 members (excludes halogenated alkanes) is 1. The van der Waals surface area contributed by atoms with Crippen LogP contribution in [-0.4, -0.2) is 26.2 Å². The summed E-state index contributed by atoms with van der Waals surface area (Å²) in [6.07, 6.45) is 4.94. The summed E-state index contributed by atoms with van der Waals surface area (Å²) >= 11 is 0. The van der Waals surface area contributed by atoms with E-state index in [1.54, 1.807) is 0 Å². The van der Waals surface area contributed by atoms with Crippen LogP contribution in [0.25, 0.3) is 0 Å². The van der Waals surface area contributed by atoms with E-state index in [-0.39, 0.29) is 0 Å². The first kappa shape index (κ1) is 11.9. The molecule has 0 aliphatic rings. The SMILES string of the molecule is CCC[N]CCCCNCCC. The van der Waals surface area contributed by atoms with Crippen molar-refractivity contribution < 1.29 is 0 Å². The van der Waals surface area contributed by atoms with Gasteiger partial charge in [-0.15, -0.1) is 0 Å². The highest BCUT2D eigenvalue weighted by Crippen LogP contribution is 1.86. The molecular weight excluding hydrogens is 148 g/mol. The first-order chi connectivity index (χ1) is 5.91. The second-order valence-electron chi connectivity index (χ2n) is 3.13. The highest BCUT2D eigenvalue weighted by Gasteiger charge is 1.88. The minimum Gasteiger partial charge on any atom is -0.317 e. The lowest BCUT2D eigenvalue weighted by atomic mass is 10.3. The fourth-order valence-electron chi connectivity index (χ4n) is 1.05. The smallest absolute Gasteiger partial charge is 0.0133 e. The molecule has 2 nitrogen and oxygen atoms in total. The summed E-state index contributed by atoms with van der Waals surface area (Å²) in [5, 5.41) is 7.76. The molecule has 1 radical (unpaired) electrons. The van der Waals surface area contributed by atoms with Crippen molar-refractivity contribution in [3.05, 3.63) is 0 Å². The molecule has 73 valence electrons. The summed E-state index contributed by atoms with van der Waals surface area (Å²) in [4.78, 5) is 0. The Morgan fingerprint density at radius 1 is 0.917 bits per heavy atom. The van der Waals surface area contributed by atoms with E-state index in [1.165, 1.54) is 25.7 Å². The van der Waals surface area contributed by atoms with Gasteiger partial charge in [-0.05, 0) is 38.8 Å². The lowest BCUT2D eigenvalue weighted by molar-refractivity contribution is 0.572. The van der Waals surface area contributed by atoms with Gasteiger partial charge in [0.25, 0.3) is 0 Å². The predicted molar refractivity (Wildman–Crippen MR) is 54.6 cm³/mol. The predicted octanol–water partition coefficient (Wildman–Crippen LogP) is 1.78. The molecule has 0 bridgehead atoms. The Hall–Kier alpha value is -0.0800. The molecule has 0 atom stereocenters. The minimum absolute atomic E-state index is 1.04. The van der Waals surface area contributed by atoms with Gasteiger partial charge in [-0.25, -0.2) is 5.32 Å². The Kier molecular flexibility index (Phi) is 10.8. The maximum atomic E-state index is 4.38. The first-order valence-electron chi connectivity index (χ1n) is 5.25. The highest BCUT2D eigenvalue weighted by molar-refractivity contribution is 4.50. The molecule has 0 heterocycles. The molecule has 0 aromatic rings. The molecule has 2 heteroatoms. The summed E-state index contributed by atoms with van der Waals surface area (Å²) in [6, 6.07) is 0. The Labute approximate surface area is 77.1 Å². The van der Waals surface area contributed by atoms with E-state index in [2.05, 4.69) is 24.5 Å². The maximum absolute atomic E-state index is 4.38. The second kappa shape index (κ2) is 10.9. The number of nitrogens with zero attached hydrogens (tertiary/aromatic N) is 1. The topological polar surface area (TPSA) is 26.1 Å². The quantitative estimate of drug-likeness (QED) is 0.526. The van der Waals surface area contributed by atoms with E-state index in [0.717, 1.165) is 26.2 Å². The van der Waals surface area contributed by atoms with Crippen molar-refractivity contribution in [1.82, 2.24) is 10.6 Å². The van der Waals surface area contributed by atoms with Crippen LogP contribution >= 0.6 is 0 Å². The monoisotopic (exact) mass is 171 g/mol. The van der Waals surface area contributed by atoms with Crippen molar-refractivity contribution in [2.75, 3.05) is 26.2 Å². The van der Waals surface area contributed by atoms with Crippen molar-refractivity contribution >= 4 is 0 Å². The van der Waals surface area contributed by atoms with E-state index in [4.69, 9.17) is 0 Å². The van der Waals surface area contributed by atoms with Crippen LogP contribution in [0.15, 0.2) is 0 Å². The summed E-state index contributed by atoms with van der Waals surface area (Å²) in [6.45, 7) is 8.79.